The molecule has 28 heavy (non-hydrogen) atoms. The molecule has 0 radical (unpaired) electrons. The molecule has 1 amide bonds. The number of carbonyl (C=O) groups excluding carboxylic acids is 1. The summed E-state index contributed by atoms with van der Waals surface area (Å²) >= 11 is 0. The van der Waals surface area contributed by atoms with Gasteiger partial charge in [0.05, 0.1) is 18.2 Å². The lowest BCUT2D eigenvalue weighted by molar-refractivity contribution is -0.137. The number of halogens is 3. The lowest BCUT2D eigenvalue weighted by atomic mass is 10.1. The van der Waals surface area contributed by atoms with E-state index in [1.54, 1.807) is 17.9 Å². The van der Waals surface area contributed by atoms with Gasteiger partial charge in [-0.05, 0) is 31.0 Å². The molecule has 1 aliphatic heterocycles. The summed E-state index contributed by atoms with van der Waals surface area (Å²) in [5.41, 5.74) is -0.510. The summed E-state index contributed by atoms with van der Waals surface area (Å²) in [6.45, 7) is 2.60. The lowest BCUT2D eigenvalue weighted by Gasteiger charge is -2.17. The first-order valence-corrected chi connectivity index (χ1v) is 8.93. The van der Waals surface area contributed by atoms with Crippen molar-refractivity contribution in [2.24, 2.45) is 0 Å². The van der Waals surface area contributed by atoms with Crippen LogP contribution >= 0.6 is 0 Å². The number of amides is 1. The lowest BCUT2D eigenvalue weighted by Crippen LogP contribution is -2.31. The highest BCUT2D eigenvalue weighted by atomic mass is 19.4. The van der Waals surface area contributed by atoms with Crippen molar-refractivity contribution in [1.29, 1.82) is 0 Å². The van der Waals surface area contributed by atoms with E-state index in [1.807, 2.05) is 0 Å². The van der Waals surface area contributed by atoms with Crippen LogP contribution in [0.5, 0.6) is 5.75 Å². The van der Waals surface area contributed by atoms with Gasteiger partial charge in [-0.25, -0.2) is 4.79 Å². The normalized spacial score (nSPS) is 17.0. The Kier molecular flexibility index (Phi) is 5.76. The average Bonchev–Trinajstić information content (AvgIpc) is 3.07. The smallest absolute Gasteiger partial charge is 0.416 e. The van der Waals surface area contributed by atoms with Crippen LogP contribution in [0, 0.1) is 6.92 Å². The molecule has 1 fully saturated rings. The Morgan fingerprint density at radius 3 is 2.61 bits per heavy atom. The van der Waals surface area contributed by atoms with Gasteiger partial charge in [0.1, 0.15) is 17.6 Å². The SMILES string of the molecule is Cc1cc(OC2CCN(C(=O)CCc3ccc(C(F)(F)F)cc3)C2)cc(=O)o1. The van der Waals surface area contributed by atoms with Gasteiger partial charge in [-0.1, -0.05) is 12.1 Å². The van der Waals surface area contributed by atoms with Gasteiger partial charge in [-0.15, -0.1) is 0 Å². The van der Waals surface area contributed by atoms with Crippen molar-refractivity contribution >= 4 is 5.91 Å². The number of nitrogens with zero attached hydrogens (tertiary/aromatic N) is 1. The maximum Gasteiger partial charge on any atom is 0.416 e. The number of hydrogen-bond donors (Lipinski definition) is 0. The van der Waals surface area contributed by atoms with Crippen molar-refractivity contribution in [3.8, 4) is 5.75 Å². The minimum Gasteiger partial charge on any atom is -0.488 e. The van der Waals surface area contributed by atoms with Gasteiger partial charge in [0, 0.05) is 25.5 Å². The van der Waals surface area contributed by atoms with Crippen molar-refractivity contribution in [2.75, 3.05) is 13.1 Å². The van der Waals surface area contributed by atoms with Gasteiger partial charge in [-0.3, -0.25) is 4.79 Å². The Bertz CT molecular complexity index is 890. The molecule has 3 rings (SSSR count). The van der Waals surface area contributed by atoms with Crippen LogP contribution in [0.2, 0.25) is 0 Å². The number of benzene rings is 1. The second kappa shape index (κ2) is 8.08. The van der Waals surface area contributed by atoms with E-state index in [-0.39, 0.29) is 18.4 Å². The summed E-state index contributed by atoms with van der Waals surface area (Å²) in [6.07, 6.45) is -3.34. The van der Waals surface area contributed by atoms with Crippen LogP contribution in [0.3, 0.4) is 0 Å². The van der Waals surface area contributed by atoms with Gasteiger partial charge in [0.15, 0.2) is 0 Å². The van der Waals surface area contributed by atoms with Crippen molar-refractivity contribution in [1.82, 2.24) is 4.90 Å². The summed E-state index contributed by atoms with van der Waals surface area (Å²) in [5.74, 6) is 0.789. The molecule has 5 nitrogen and oxygen atoms in total. The summed E-state index contributed by atoms with van der Waals surface area (Å²) in [7, 11) is 0. The van der Waals surface area contributed by atoms with Crippen LogP contribution in [0.4, 0.5) is 13.2 Å². The molecule has 2 aromatic rings. The zero-order valence-corrected chi connectivity index (χ0v) is 15.3. The first-order chi connectivity index (χ1) is 13.2. The standard InChI is InChI=1S/C20H20F3NO4/c1-13-10-17(11-19(26)27-13)28-16-8-9-24(12-16)18(25)7-4-14-2-5-15(6-3-14)20(21,22)23/h2-3,5-6,10-11,16H,4,7-9,12H2,1H3. The Hall–Kier alpha value is -2.77. The van der Waals surface area contributed by atoms with E-state index in [4.69, 9.17) is 9.15 Å². The topological polar surface area (TPSA) is 59.8 Å². The fraction of sp³-hybridized carbons (Fsp3) is 0.400. The average molecular weight is 395 g/mol. The third-order valence-electron chi connectivity index (χ3n) is 4.58. The van der Waals surface area contributed by atoms with Crippen LogP contribution in [-0.4, -0.2) is 30.0 Å². The first-order valence-electron chi connectivity index (χ1n) is 8.93. The second-order valence-electron chi connectivity index (χ2n) is 6.79. The van der Waals surface area contributed by atoms with E-state index in [9.17, 15) is 22.8 Å². The maximum absolute atomic E-state index is 12.6. The molecule has 0 aliphatic carbocycles. The Morgan fingerprint density at radius 2 is 1.96 bits per heavy atom. The molecule has 0 N–H and O–H groups in total. The molecule has 8 heteroatoms. The molecule has 1 unspecified atom stereocenters. The summed E-state index contributed by atoms with van der Waals surface area (Å²) < 4.78 is 48.4. The molecule has 150 valence electrons. The van der Waals surface area contributed by atoms with Gasteiger partial charge >= 0.3 is 11.8 Å². The van der Waals surface area contributed by atoms with E-state index in [0.717, 1.165) is 12.1 Å². The molecular formula is C20H20F3NO4. The van der Waals surface area contributed by atoms with Gasteiger partial charge < -0.3 is 14.1 Å². The molecule has 2 heterocycles. The van der Waals surface area contributed by atoms with E-state index in [0.29, 0.717) is 43.0 Å². The number of aryl methyl sites for hydroxylation is 2. The molecule has 1 atom stereocenters. The molecule has 1 aromatic carbocycles. The number of carbonyl (C=O) groups is 1. The minimum absolute atomic E-state index is 0.0743. The molecule has 1 saturated heterocycles. The third kappa shape index (κ3) is 5.15. The quantitative estimate of drug-likeness (QED) is 0.777. The highest BCUT2D eigenvalue weighted by Gasteiger charge is 2.30. The van der Waals surface area contributed by atoms with Crippen LogP contribution in [0.25, 0.3) is 0 Å². The van der Waals surface area contributed by atoms with E-state index in [2.05, 4.69) is 0 Å². The summed E-state index contributed by atoms with van der Waals surface area (Å²) in [4.78, 5) is 25.4. The number of rotatable bonds is 5. The Morgan fingerprint density at radius 1 is 1.25 bits per heavy atom. The summed E-state index contributed by atoms with van der Waals surface area (Å²) in [6, 6.07) is 7.74. The van der Waals surface area contributed by atoms with Crippen LogP contribution < -0.4 is 10.4 Å². The van der Waals surface area contributed by atoms with Gasteiger partial charge in [-0.2, -0.15) is 13.2 Å². The molecule has 1 aliphatic rings. The molecule has 1 aromatic heterocycles. The minimum atomic E-state index is -4.36. The van der Waals surface area contributed by atoms with Gasteiger partial charge in [0.2, 0.25) is 5.91 Å². The number of likely N-dealkylation sites (tertiary alicyclic amines) is 1. The first kappa shape index (κ1) is 20.0. The monoisotopic (exact) mass is 395 g/mol. The van der Waals surface area contributed by atoms with Crippen molar-refractivity contribution in [3.05, 3.63) is 63.7 Å². The Labute approximate surface area is 159 Å². The Balaban J connectivity index is 1.50. The van der Waals surface area contributed by atoms with E-state index < -0.39 is 17.4 Å². The van der Waals surface area contributed by atoms with Gasteiger partial charge in [0.25, 0.3) is 0 Å². The second-order valence-corrected chi connectivity index (χ2v) is 6.79. The number of alkyl halides is 3. The van der Waals surface area contributed by atoms with Crippen LogP contribution in [0.15, 0.2) is 45.6 Å². The predicted molar refractivity (Wildman–Crippen MR) is 95.1 cm³/mol. The number of hydrogen-bond acceptors (Lipinski definition) is 4. The predicted octanol–water partition coefficient (Wildman–Crippen LogP) is 3.58. The fourth-order valence-corrected chi connectivity index (χ4v) is 3.16. The maximum atomic E-state index is 12.6. The highest BCUT2D eigenvalue weighted by molar-refractivity contribution is 5.76. The fourth-order valence-electron chi connectivity index (χ4n) is 3.16. The van der Waals surface area contributed by atoms with E-state index in [1.165, 1.54) is 18.2 Å². The highest BCUT2D eigenvalue weighted by Crippen LogP contribution is 2.29. The molecule has 0 bridgehead atoms. The molecular weight excluding hydrogens is 375 g/mol. The molecule has 0 spiro atoms. The van der Waals surface area contributed by atoms with E-state index >= 15 is 0 Å². The third-order valence-corrected chi connectivity index (χ3v) is 4.58. The van der Waals surface area contributed by atoms with Crippen molar-refractivity contribution in [3.63, 3.8) is 0 Å². The summed E-state index contributed by atoms with van der Waals surface area (Å²) in [5, 5.41) is 0. The number of ether oxygens (including phenoxy) is 1. The van der Waals surface area contributed by atoms with Crippen LogP contribution in [0.1, 0.15) is 29.7 Å². The molecule has 0 saturated carbocycles. The zero-order chi connectivity index (χ0) is 20.3. The van der Waals surface area contributed by atoms with Crippen molar-refractivity contribution in [2.45, 2.75) is 38.5 Å². The van der Waals surface area contributed by atoms with Crippen LogP contribution in [-0.2, 0) is 17.4 Å². The zero-order valence-electron chi connectivity index (χ0n) is 15.3. The largest absolute Gasteiger partial charge is 0.488 e. The van der Waals surface area contributed by atoms with Crippen molar-refractivity contribution < 1.29 is 27.1 Å².